The number of hydrogen-bond donors (Lipinski definition) is 0. The first-order valence-electron chi connectivity index (χ1n) is 27.6. The summed E-state index contributed by atoms with van der Waals surface area (Å²) < 4.78 is 44.0. The van der Waals surface area contributed by atoms with Gasteiger partial charge in [0.05, 0.1) is 0 Å². The summed E-state index contributed by atoms with van der Waals surface area (Å²) in [7, 11) is -7.95. The first kappa shape index (κ1) is 73.3. The molecular formula is C54H105CoO9P3+3. The fraction of sp³-hybridized carbons (Fsp3) is 0.889. The average molecular weight is 1050 g/mol. The summed E-state index contributed by atoms with van der Waals surface area (Å²) in [6, 6.07) is 0. The van der Waals surface area contributed by atoms with E-state index in [4.69, 9.17) is 0 Å². The van der Waals surface area contributed by atoms with Crippen LogP contribution in [0.4, 0.5) is 0 Å². The van der Waals surface area contributed by atoms with Crippen LogP contribution >= 0.6 is 24.8 Å². The number of rotatable bonds is 51. The zero-order valence-electron chi connectivity index (χ0n) is 43.6. The number of hydrogen-bond acceptors (Lipinski definition) is 9. The molecule has 0 aromatic heterocycles. The average Bonchev–Trinajstić information content (AvgIpc) is 3.29. The van der Waals surface area contributed by atoms with Gasteiger partial charge in [0.1, 0.15) is 19.8 Å². The van der Waals surface area contributed by atoms with Crippen molar-refractivity contribution in [2.75, 3.05) is 19.8 Å². The van der Waals surface area contributed by atoms with Crippen molar-refractivity contribution in [3.05, 3.63) is 36.5 Å². The van der Waals surface area contributed by atoms with E-state index < -0.39 is 24.8 Å². The second-order valence-electron chi connectivity index (χ2n) is 18.0. The smallest absolute Gasteiger partial charge is 0.566 e. The molecule has 0 heterocycles. The molecule has 9 nitrogen and oxygen atoms in total. The zero-order valence-corrected chi connectivity index (χ0v) is 47.4. The fourth-order valence-corrected chi connectivity index (χ4v) is 8.30. The van der Waals surface area contributed by atoms with Gasteiger partial charge in [-0.25, -0.2) is 0 Å². The van der Waals surface area contributed by atoms with Crippen LogP contribution in [0, 0.1) is 0 Å². The molecule has 0 aromatic carbocycles. The third-order valence-corrected chi connectivity index (χ3v) is 12.7. The Morgan fingerprint density at radius 3 is 0.582 bits per heavy atom. The largest absolute Gasteiger partial charge is 3.00 e. The van der Waals surface area contributed by atoms with E-state index in [-0.39, 0.29) is 16.8 Å². The molecule has 67 heavy (non-hydrogen) atoms. The van der Waals surface area contributed by atoms with Gasteiger partial charge in [0, 0.05) is 0 Å². The Hall–Kier alpha value is -0.214. The molecule has 0 aliphatic carbocycles. The van der Waals surface area contributed by atoms with Gasteiger partial charge in [0.15, 0.2) is 0 Å². The van der Waals surface area contributed by atoms with E-state index >= 15 is 0 Å². The van der Waals surface area contributed by atoms with Crippen LogP contribution in [0.15, 0.2) is 36.5 Å². The van der Waals surface area contributed by atoms with Crippen LogP contribution in [0.25, 0.3) is 0 Å². The number of allylic oxidation sites excluding steroid dienone is 6. The van der Waals surface area contributed by atoms with Gasteiger partial charge in [0.25, 0.3) is 0 Å². The monoisotopic (exact) mass is 1050 g/mol. The van der Waals surface area contributed by atoms with E-state index in [1.165, 1.54) is 231 Å². The second-order valence-corrected chi connectivity index (χ2v) is 20.1. The summed E-state index contributed by atoms with van der Waals surface area (Å²) in [5.74, 6) is 0. The normalized spacial score (nSPS) is 12.0. The van der Waals surface area contributed by atoms with Crippen molar-refractivity contribution in [2.45, 2.75) is 290 Å². The Balaban J connectivity index is -0.000000441. The molecule has 13 heteroatoms. The SMILES string of the molecule is CCCCCCCC/C=C\CCCCCCCCO[P+](=O)[O-].CCCCCCCC/C=C\CCCCCCCCO[P+](=O)[O-].CCCCCCCC/C=C\CCCCCCCCO[P+](=O)[O-].[Co+3]. The predicted octanol–water partition coefficient (Wildman–Crippen LogP) is 18.2. The van der Waals surface area contributed by atoms with Crippen LogP contribution in [0.2, 0.25) is 0 Å². The minimum atomic E-state index is -2.65. The predicted molar refractivity (Wildman–Crippen MR) is 279 cm³/mol. The molecule has 0 fully saturated rings. The van der Waals surface area contributed by atoms with E-state index in [2.05, 4.69) is 70.8 Å². The summed E-state index contributed by atoms with van der Waals surface area (Å²) in [5, 5.41) is 0. The van der Waals surface area contributed by atoms with Crippen LogP contribution < -0.4 is 14.7 Å². The number of unbranched alkanes of at least 4 members (excludes halogenated alkanes) is 36. The standard InChI is InChI=1S/3C18H35O3P.Co/c3*1-2-3-4-5-6-7-8-9-10-11-12-13-14-15-16-17-18-21-22(19)20;/h3*9-10H,2-8,11-18H2,1H3;/q;;;+3/b3*10-9-;. The maximum atomic E-state index is 10.2. The van der Waals surface area contributed by atoms with E-state index in [0.717, 1.165) is 38.5 Å². The molecule has 0 radical (unpaired) electrons. The Labute approximate surface area is 428 Å². The van der Waals surface area contributed by atoms with Gasteiger partial charge >= 0.3 is 41.5 Å². The summed E-state index contributed by atoms with van der Waals surface area (Å²) in [6.45, 7) is 7.82. The molecular weight excluding hydrogens is 944 g/mol. The molecule has 0 saturated heterocycles. The Kier molecular flexibility index (Phi) is 76.7. The van der Waals surface area contributed by atoms with Crippen molar-refractivity contribution in [2.24, 2.45) is 0 Å². The van der Waals surface area contributed by atoms with Crippen LogP contribution in [0.1, 0.15) is 290 Å². The summed E-state index contributed by atoms with van der Waals surface area (Å²) in [5.41, 5.74) is 0. The molecule has 0 rings (SSSR count). The minimum absolute atomic E-state index is 0. The van der Waals surface area contributed by atoms with Crippen LogP contribution in [-0.4, -0.2) is 19.8 Å². The molecule has 0 saturated carbocycles. The van der Waals surface area contributed by atoms with Crippen LogP contribution in [0.5, 0.6) is 0 Å². The molecule has 0 aliphatic heterocycles. The van der Waals surface area contributed by atoms with E-state index in [1.807, 2.05) is 0 Å². The Morgan fingerprint density at radius 2 is 0.418 bits per heavy atom. The minimum Gasteiger partial charge on any atom is -0.566 e. The maximum Gasteiger partial charge on any atom is 3.00 e. The van der Waals surface area contributed by atoms with Gasteiger partial charge in [-0.05, 0) is 110 Å². The third kappa shape index (κ3) is 83.0. The molecule has 3 atom stereocenters. The molecule has 0 aliphatic rings. The first-order valence-corrected chi connectivity index (χ1v) is 30.9. The van der Waals surface area contributed by atoms with E-state index in [0.29, 0.717) is 19.8 Å². The maximum absolute atomic E-state index is 10.2. The molecule has 0 amide bonds. The molecule has 0 aromatic rings. The fourth-order valence-electron chi connectivity index (χ4n) is 7.47. The van der Waals surface area contributed by atoms with E-state index in [9.17, 15) is 28.4 Å². The third-order valence-electron chi connectivity index (χ3n) is 11.6. The van der Waals surface area contributed by atoms with Gasteiger partial charge in [-0.1, -0.05) is 231 Å². The Morgan fingerprint density at radius 1 is 0.269 bits per heavy atom. The zero-order chi connectivity index (χ0) is 48.9. The molecule has 0 N–H and O–H groups in total. The topological polar surface area (TPSA) is 148 Å². The molecule has 0 bridgehead atoms. The van der Waals surface area contributed by atoms with Gasteiger partial charge < -0.3 is 14.7 Å². The van der Waals surface area contributed by atoms with Gasteiger partial charge in [0.2, 0.25) is 0 Å². The van der Waals surface area contributed by atoms with Crippen molar-refractivity contribution >= 4 is 24.8 Å². The summed E-state index contributed by atoms with van der Waals surface area (Å²) in [4.78, 5) is 30.5. The second kappa shape index (κ2) is 70.0. The quantitative estimate of drug-likeness (QED) is 0.0330. The van der Waals surface area contributed by atoms with Gasteiger partial charge in [-0.3, -0.25) is 0 Å². The summed E-state index contributed by atoms with van der Waals surface area (Å²) >= 11 is 0. The van der Waals surface area contributed by atoms with Gasteiger partial charge in [-0.15, -0.1) is 13.6 Å². The van der Waals surface area contributed by atoms with Crippen molar-refractivity contribution in [3.63, 3.8) is 0 Å². The van der Waals surface area contributed by atoms with Crippen molar-refractivity contribution < 1.29 is 58.7 Å². The van der Waals surface area contributed by atoms with E-state index in [1.54, 1.807) is 0 Å². The van der Waals surface area contributed by atoms with Crippen molar-refractivity contribution in [3.8, 4) is 0 Å². The van der Waals surface area contributed by atoms with Crippen molar-refractivity contribution in [1.29, 1.82) is 0 Å². The van der Waals surface area contributed by atoms with Crippen LogP contribution in [-0.2, 0) is 44.0 Å². The first-order chi connectivity index (χ1) is 32.3. The van der Waals surface area contributed by atoms with Crippen LogP contribution in [0.3, 0.4) is 0 Å². The molecule has 0 spiro atoms. The van der Waals surface area contributed by atoms with Crippen molar-refractivity contribution in [1.82, 2.24) is 0 Å². The Bertz CT molecular complexity index is 937. The molecule has 3 unspecified atom stereocenters. The molecule has 396 valence electrons. The van der Waals surface area contributed by atoms with Gasteiger partial charge in [-0.2, -0.15) is 0 Å². The summed E-state index contributed by atoms with van der Waals surface area (Å²) in [6.07, 6.45) is 66.8.